The smallest absolute Gasteiger partial charge is 0.239 e. The minimum Gasteiger partial charge on any atom is -0.383 e. The van der Waals surface area contributed by atoms with Crippen LogP contribution in [0, 0.1) is 0 Å². The molecule has 3 N–H and O–H groups in total. The van der Waals surface area contributed by atoms with E-state index in [4.69, 9.17) is 4.74 Å². The molecule has 1 aliphatic heterocycles. The van der Waals surface area contributed by atoms with E-state index >= 15 is 0 Å². The van der Waals surface area contributed by atoms with Gasteiger partial charge in [0.15, 0.2) is 0 Å². The normalized spacial score (nSPS) is 18.3. The van der Waals surface area contributed by atoms with Crippen LogP contribution in [0.1, 0.15) is 0 Å². The van der Waals surface area contributed by atoms with Crippen molar-refractivity contribution in [1.82, 2.24) is 16.0 Å². The Hall–Kier alpha value is -0.500. The number of halogens is 1. The third kappa shape index (κ3) is 6.72. The van der Waals surface area contributed by atoms with Crippen LogP contribution in [0.3, 0.4) is 0 Å². The zero-order valence-corrected chi connectivity index (χ0v) is 11.3. The molecule has 0 aliphatic carbocycles. The molecular weight excluding hydrogens is 266 g/mol. The van der Waals surface area contributed by atoms with E-state index in [9.17, 15) is 9.59 Å². The van der Waals surface area contributed by atoms with Crippen molar-refractivity contribution in [1.29, 1.82) is 0 Å². The highest BCUT2D eigenvalue weighted by atomic mass is 35.5. The molecule has 0 bridgehead atoms. The minimum atomic E-state index is -0.198. The van der Waals surface area contributed by atoms with Crippen molar-refractivity contribution in [2.45, 2.75) is 6.04 Å². The van der Waals surface area contributed by atoms with Crippen molar-refractivity contribution in [3.8, 4) is 0 Å². The van der Waals surface area contributed by atoms with Gasteiger partial charge in [0.25, 0.3) is 0 Å². The van der Waals surface area contributed by atoms with Crippen LogP contribution >= 0.6 is 24.2 Å². The molecule has 2 amide bonds. The molecule has 1 atom stereocenters. The van der Waals surface area contributed by atoms with E-state index in [-0.39, 0.29) is 36.8 Å². The van der Waals surface area contributed by atoms with Crippen LogP contribution in [0.2, 0.25) is 0 Å². The van der Waals surface area contributed by atoms with Crippen molar-refractivity contribution in [2.75, 3.05) is 38.4 Å². The van der Waals surface area contributed by atoms with Crippen LogP contribution in [0.4, 0.5) is 0 Å². The Balaban J connectivity index is 0.00000256. The Morgan fingerprint density at radius 2 is 2.24 bits per heavy atom. The second-order valence-electron chi connectivity index (χ2n) is 3.33. The summed E-state index contributed by atoms with van der Waals surface area (Å²) in [6.45, 7) is 0.953. The number of hydrogen-bond donors (Lipinski definition) is 3. The summed E-state index contributed by atoms with van der Waals surface area (Å²) in [7, 11) is 1.57. The zero-order valence-electron chi connectivity index (χ0n) is 9.65. The third-order valence-corrected chi connectivity index (χ3v) is 3.02. The summed E-state index contributed by atoms with van der Waals surface area (Å²) in [5.74, 6) is 1.23. The Bertz CT molecular complexity index is 250. The molecule has 1 fully saturated rings. The van der Waals surface area contributed by atoms with Gasteiger partial charge in [0.1, 0.15) is 0 Å². The molecule has 100 valence electrons. The number of nitrogens with one attached hydrogen (secondary N) is 3. The number of methoxy groups -OCH3 is 1. The molecule has 17 heavy (non-hydrogen) atoms. The highest BCUT2D eigenvalue weighted by Gasteiger charge is 2.22. The minimum absolute atomic E-state index is 0. The molecule has 0 radical (unpaired) electrons. The lowest BCUT2D eigenvalue weighted by molar-refractivity contribution is -0.126. The first kappa shape index (κ1) is 16.5. The average molecular weight is 284 g/mol. The molecule has 6 nitrogen and oxygen atoms in total. The van der Waals surface area contributed by atoms with E-state index in [0.717, 1.165) is 11.6 Å². The largest absolute Gasteiger partial charge is 0.383 e. The van der Waals surface area contributed by atoms with E-state index in [0.29, 0.717) is 13.2 Å². The summed E-state index contributed by atoms with van der Waals surface area (Å²) in [4.78, 5) is 22.7. The molecule has 1 aliphatic rings. The number of thioether (sulfide) groups is 1. The summed E-state index contributed by atoms with van der Waals surface area (Å²) in [6, 6.07) is -0.170. The van der Waals surface area contributed by atoms with E-state index in [1.54, 1.807) is 18.9 Å². The summed E-state index contributed by atoms with van der Waals surface area (Å²) in [5.41, 5.74) is 0. The average Bonchev–Trinajstić information content (AvgIpc) is 2.79. The van der Waals surface area contributed by atoms with Gasteiger partial charge in [-0.15, -0.1) is 24.2 Å². The van der Waals surface area contributed by atoms with Gasteiger partial charge in [-0.3, -0.25) is 14.9 Å². The molecule has 1 saturated heterocycles. The fourth-order valence-electron chi connectivity index (χ4n) is 1.21. The maximum absolute atomic E-state index is 11.5. The summed E-state index contributed by atoms with van der Waals surface area (Å²) in [5, 5.41) is 8.24. The van der Waals surface area contributed by atoms with E-state index in [2.05, 4.69) is 16.0 Å². The fourth-order valence-corrected chi connectivity index (χ4v) is 2.15. The van der Waals surface area contributed by atoms with Gasteiger partial charge in [-0.1, -0.05) is 0 Å². The topological polar surface area (TPSA) is 79.5 Å². The van der Waals surface area contributed by atoms with E-state index in [1.807, 2.05) is 0 Å². The lowest BCUT2D eigenvalue weighted by Gasteiger charge is -2.10. The first-order chi connectivity index (χ1) is 7.74. The van der Waals surface area contributed by atoms with Crippen LogP contribution in [0.25, 0.3) is 0 Å². The van der Waals surface area contributed by atoms with Gasteiger partial charge in [-0.25, -0.2) is 0 Å². The molecule has 1 unspecified atom stereocenters. The summed E-state index contributed by atoms with van der Waals surface area (Å²) in [6.07, 6.45) is 0. The van der Waals surface area contributed by atoms with Crippen LogP contribution in [0.5, 0.6) is 0 Å². The fraction of sp³-hybridized carbons (Fsp3) is 0.778. The van der Waals surface area contributed by atoms with Crippen LogP contribution < -0.4 is 16.0 Å². The number of ether oxygens (including phenoxy) is 1. The quantitative estimate of drug-likeness (QED) is 0.542. The SMILES string of the molecule is COCCNC(=O)CNC(=O)C1CSCN1.Cl. The third-order valence-electron chi connectivity index (χ3n) is 2.08. The van der Waals surface area contributed by atoms with E-state index in [1.165, 1.54) is 0 Å². The van der Waals surface area contributed by atoms with Crippen molar-refractivity contribution in [2.24, 2.45) is 0 Å². The molecule has 0 aromatic carbocycles. The van der Waals surface area contributed by atoms with Gasteiger partial charge in [-0.05, 0) is 0 Å². The highest BCUT2D eigenvalue weighted by Crippen LogP contribution is 2.08. The van der Waals surface area contributed by atoms with E-state index < -0.39 is 0 Å². The lowest BCUT2D eigenvalue weighted by Crippen LogP contribution is -2.46. The van der Waals surface area contributed by atoms with Crippen molar-refractivity contribution < 1.29 is 14.3 Å². The number of amides is 2. The standard InChI is InChI=1S/C9H17N3O3S.ClH/c1-15-3-2-10-8(13)4-11-9(14)7-5-16-6-12-7;/h7,12H,2-6H2,1H3,(H,10,13)(H,11,14);1H. The maximum atomic E-state index is 11.5. The van der Waals surface area contributed by atoms with Crippen LogP contribution in [0.15, 0.2) is 0 Å². The monoisotopic (exact) mass is 283 g/mol. The van der Waals surface area contributed by atoms with Gasteiger partial charge in [0.05, 0.1) is 19.2 Å². The van der Waals surface area contributed by atoms with Crippen molar-refractivity contribution >= 4 is 36.0 Å². The number of carbonyl (C=O) groups excluding carboxylic acids is 2. The van der Waals surface area contributed by atoms with Crippen LogP contribution in [-0.4, -0.2) is 56.3 Å². The second kappa shape index (κ2) is 9.52. The van der Waals surface area contributed by atoms with Crippen molar-refractivity contribution in [3.05, 3.63) is 0 Å². The Morgan fingerprint density at radius 3 is 2.82 bits per heavy atom. The molecule has 0 saturated carbocycles. The maximum Gasteiger partial charge on any atom is 0.239 e. The van der Waals surface area contributed by atoms with Gasteiger partial charge in [0, 0.05) is 25.3 Å². The highest BCUT2D eigenvalue weighted by molar-refractivity contribution is 7.99. The van der Waals surface area contributed by atoms with Crippen LogP contribution in [-0.2, 0) is 14.3 Å². The second-order valence-corrected chi connectivity index (χ2v) is 4.36. The molecule has 1 rings (SSSR count). The molecule has 0 aromatic rings. The molecule has 1 heterocycles. The molecule has 8 heteroatoms. The van der Waals surface area contributed by atoms with Gasteiger partial charge in [-0.2, -0.15) is 0 Å². The summed E-state index contributed by atoms with van der Waals surface area (Å²) >= 11 is 1.67. The predicted octanol–water partition coefficient (Wildman–Crippen LogP) is -1.05. The zero-order chi connectivity index (χ0) is 11.8. The molecule has 0 aromatic heterocycles. The first-order valence-electron chi connectivity index (χ1n) is 5.08. The lowest BCUT2D eigenvalue weighted by atomic mass is 10.3. The van der Waals surface area contributed by atoms with Gasteiger partial charge < -0.3 is 15.4 Å². The van der Waals surface area contributed by atoms with Crippen molar-refractivity contribution in [3.63, 3.8) is 0 Å². The Kier molecular flexibility index (Phi) is 9.24. The molecular formula is C9H18ClN3O3S. The van der Waals surface area contributed by atoms with Gasteiger partial charge >= 0.3 is 0 Å². The Labute approximate surface area is 111 Å². The molecule has 0 spiro atoms. The van der Waals surface area contributed by atoms with Gasteiger partial charge in [0.2, 0.25) is 11.8 Å². The number of rotatable bonds is 6. The number of hydrogen-bond acceptors (Lipinski definition) is 5. The Morgan fingerprint density at radius 1 is 1.47 bits per heavy atom. The number of carbonyl (C=O) groups is 2. The first-order valence-corrected chi connectivity index (χ1v) is 6.24. The summed E-state index contributed by atoms with van der Waals surface area (Å²) < 4.78 is 4.78. The predicted molar refractivity (Wildman–Crippen MR) is 69.4 cm³/mol.